The molecular weight excluding hydrogens is 346 g/mol. The number of amides is 1. The molecular formula is C13H17Br2NO. The van der Waals surface area contributed by atoms with Gasteiger partial charge < -0.3 is 5.32 Å². The fourth-order valence-corrected chi connectivity index (χ4v) is 2.97. The Morgan fingerprint density at radius 3 is 2.47 bits per heavy atom. The van der Waals surface area contributed by atoms with E-state index in [-0.39, 0.29) is 11.9 Å². The van der Waals surface area contributed by atoms with E-state index in [9.17, 15) is 4.79 Å². The molecule has 1 aromatic carbocycles. The molecule has 1 atom stereocenters. The first kappa shape index (κ1) is 14.7. The smallest absolute Gasteiger partial charge is 0.252 e. The first-order valence-corrected chi connectivity index (χ1v) is 7.24. The van der Waals surface area contributed by atoms with Crippen LogP contribution in [-0.4, -0.2) is 11.9 Å². The van der Waals surface area contributed by atoms with Crippen molar-refractivity contribution in [3.8, 4) is 0 Å². The zero-order chi connectivity index (χ0) is 13.0. The molecule has 0 saturated heterocycles. The molecule has 0 radical (unpaired) electrons. The summed E-state index contributed by atoms with van der Waals surface area (Å²) in [6.07, 6.45) is 0.986. The highest BCUT2D eigenvalue weighted by Gasteiger charge is 2.13. The Hall–Kier alpha value is -0.350. The molecule has 0 aliphatic rings. The van der Waals surface area contributed by atoms with E-state index in [1.54, 1.807) is 0 Å². The number of nitrogens with one attached hydrogen (secondary N) is 1. The molecule has 0 aliphatic carbocycles. The molecule has 0 fully saturated rings. The second-order valence-corrected chi connectivity index (χ2v) is 6.40. The third-order valence-electron chi connectivity index (χ3n) is 2.38. The SMILES string of the molecule is CC(C)C[C@H](C)NC(=O)c1ccc(Br)cc1Br. The van der Waals surface area contributed by atoms with E-state index in [0.29, 0.717) is 11.5 Å². The van der Waals surface area contributed by atoms with Crippen molar-refractivity contribution in [2.75, 3.05) is 0 Å². The van der Waals surface area contributed by atoms with E-state index in [1.807, 2.05) is 25.1 Å². The van der Waals surface area contributed by atoms with Crippen molar-refractivity contribution in [3.05, 3.63) is 32.7 Å². The van der Waals surface area contributed by atoms with Crippen LogP contribution in [0.3, 0.4) is 0 Å². The molecule has 0 bridgehead atoms. The molecule has 0 spiro atoms. The van der Waals surface area contributed by atoms with Gasteiger partial charge in [0, 0.05) is 15.0 Å². The quantitative estimate of drug-likeness (QED) is 0.846. The molecule has 0 saturated carbocycles. The molecule has 2 nitrogen and oxygen atoms in total. The number of hydrogen-bond donors (Lipinski definition) is 1. The van der Waals surface area contributed by atoms with Gasteiger partial charge in [-0.2, -0.15) is 0 Å². The summed E-state index contributed by atoms with van der Waals surface area (Å²) in [4.78, 5) is 12.0. The Kier molecular flexibility index (Phi) is 5.67. The van der Waals surface area contributed by atoms with Gasteiger partial charge in [0.2, 0.25) is 0 Å². The maximum Gasteiger partial charge on any atom is 0.252 e. The Morgan fingerprint density at radius 1 is 1.29 bits per heavy atom. The van der Waals surface area contributed by atoms with Gasteiger partial charge in [-0.25, -0.2) is 0 Å². The predicted molar refractivity (Wildman–Crippen MR) is 78.2 cm³/mol. The van der Waals surface area contributed by atoms with Gasteiger partial charge in [0.05, 0.1) is 5.56 Å². The summed E-state index contributed by atoms with van der Waals surface area (Å²) in [6.45, 7) is 6.33. The standard InChI is InChI=1S/C13H17Br2NO/c1-8(2)6-9(3)16-13(17)11-5-4-10(14)7-12(11)15/h4-5,7-9H,6H2,1-3H3,(H,16,17)/t9-/m0/s1. The average Bonchev–Trinajstić information content (AvgIpc) is 2.15. The van der Waals surface area contributed by atoms with E-state index in [4.69, 9.17) is 0 Å². The van der Waals surface area contributed by atoms with E-state index in [0.717, 1.165) is 15.4 Å². The highest BCUT2D eigenvalue weighted by atomic mass is 79.9. The van der Waals surface area contributed by atoms with Crippen LogP contribution in [0.15, 0.2) is 27.1 Å². The number of carbonyl (C=O) groups excluding carboxylic acids is 1. The first-order valence-electron chi connectivity index (χ1n) is 5.66. The molecule has 0 heterocycles. The van der Waals surface area contributed by atoms with Crippen molar-refractivity contribution in [1.29, 1.82) is 0 Å². The minimum atomic E-state index is -0.0301. The molecule has 17 heavy (non-hydrogen) atoms. The zero-order valence-corrected chi connectivity index (χ0v) is 13.4. The van der Waals surface area contributed by atoms with Crippen molar-refractivity contribution in [2.24, 2.45) is 5.92 Å². The Morgan fingerprint density at radius 2 is 1.94 bits per heavy atom. The molecule has 0 aromatic heterocycles. The lowest BCUT2D eigenvalue weighted by Crippen LogP contribution is -2.33. The van der Waals surface area contributed by atoms with Crippen molar-refractivity contribution in [3.63, 3.8) is 0 Å². The fraction of sp³-hybridized carbons (Fsp3) is 0.462. The lowest BCUT2D eigenvalue weighted by atomic mass is 10.0. The Bertz CT molecular complexity index is 404. The topological polar surface area (TPSA) is 29.1 Å². The third-order valence-corrected chi connectivity index (χ3v) is 3.53. The minimum absolute atomic E-state index is 0.0301. The highest BCUT2D eigenvalue weighted by Crippen LogP contribution is 2.22. The van der Waals surface area contributed by atoms with Gasteiger partial charge in [0.25, 0.3) is 5.91 Å². The summed E-state index contributed by atoms with van der Waals surface area (Å²) in [5.41, 5.74) is 0.670. The van der Waals surface area contributed by atoms with Crippen LogP contribution in [0.2, 0.25) is 0 Å². The monoisotopic (exact) mass is 361 g/mol. The van der Waals surface area contributed by atoms with Gasteiger partial charge in [-0.05, 0) is 53.4 Å². The zero-order valence-electron chi connectivity index (χ0n) is 10.3. The molecule has 1 N–H and O–H groups in total. The van der Waals surface area contributed by atoms with E-state index < -0.39 is 0 Å². The van der Waals surface area contributed by atoms with Gasteiger partial charge >= 0.3 is 0 Å². The van der Waals surface area contributed by atoms with Crippen LogP contribution >= 0.6 is 31.9 Å². The van der Waals surface area contributed by atoms with E-state index >= 15 is 0 Å². The van der Waals surface area contributed by atoms with Gasteiger partial charge in [-0.3, -0.25) is 4.79 Å². The van der Waals surface area contributed by atoms with Crippen molar-refractivity contribution in [2.45, 2.75) is 33.2 Å². The summed E-state index contributed by atoms with van der Waals surface area (Å²) in [6, 6.07) is 5.75. The van der Waals surface area contributed by atoms with Crippen LogP contribution in [0, 0.1) is 5.92 Å². The van der Waals surface area contributed by atoms with Crippen molar-refractivity contribution < 1.29 is 4.79 Å². The van der Waals surface area contributed by atoms with Gasteiger partial charge in [-0.1, -0.05) is 29.8 Å². The second-order valence-electron chi connectivity index (χ2n) is 4.63. The molecule has 4 heteroatoms. The van der Waals surface area contributed by atoms with Gasteiger partial charge in [0.1, 0.15) is 0 Å². The number of benzene rings is 1. The normalized spacial score (nSPS) is 12.6. The van der Waals surface area contributed by atoms with Crippen LogP contribution in [0.25, 0.3) is 0 Å². The number of carbonyl (C=O) groups is 1. The van der Waals surface area contributed by atoms with Gasteiger partial charge in [-0.15, -0.1) is 0 Å². The Labute approximate surface area is 119 Å². The predicted octanol–water partition coefficient (Wildman–Crippen LogP) is 4.38. The largest absolute Gasteiger partial charge is 0.350 e. The summed E-state index contributed by atoms with van der Waals surface area (Å²) in [5.74, 6) is 0.552. The summed E-state index contributed by atoms with van der Waals surface area (Å²) < 4.78 is 1.76. The highest BCUT2D eigenvalue weighted by molar-refractivity contribution is 9.11. The fourth-order valence-electron chi connectivity index (χ4n) is 1.74. The first-order chi connectivity index (χ1) is 7.90. The molecule has 94 valence electrons. The van der Waals surface area contributed by atoms with Crippen molar-refractivity contribution >= 4 is 37.8 Å². The lowest BCUT2D eigenvalue weighted by molar-refractivity contribution is 0.0935. The summed E-state index contributed by atoms with van der Waals surface area (Å²) in [7, 11) is 0. The van der Waals surface area contributed by atoms with E-state index in [1.165, 1.54) is 0 Å². The maximum atomic E-state index is 12.0. The van der Waals surface area contributed by atoms with Crippen LogP contribution in [0.5, 0.6) is 0 Å². The maximum absolute atomic E-state index is 12.0. The van der Waals surface area contributed by atoms with Gasteiger partial charge in [0.15, 0.2) is 0 Å². The van der Waals surface area contributed by atoms with Crippen LogP contribution in [0.4, 0.5) is 0 Å². The third kappa shape index (κ3) is 4.80. The number of hydrogen-bond acceptors (Lipinski definition) is 1. The number of rotatable bonds is 4. The second kappa shape index (κ2) is 6.55. The molecule has 0 aliphatic heterocycles. The minimum Gasteiger partial charge on any atom is -0.350 e. The summed E-state index contributed by atoms with van der Waals surface area (Å²) in [5, 5.41) is 3.00. The van der Waals surface area contributed by atoms with E-state index in [2.05, 4.69) is 51.0 Å². The molecule has 0 unspecified atom stereocenters. The average molecular weight is 363 g/mol. The van der Waals surface area contributed by atoms with Crippen LogP contribution < -0.4 is 5.32 Å². The molecule has 1 amide bonds. The number of halogens is 2. The van der Waals surface area contributed by atoms with Crippen LogP contribution in [-0.2, 0) is 0 Å². The molecule has 1 aromatic rings. The lowest BCUT2D eigenvalue weighted by Gasteiger charge is -2.16. The summed E-state index contributed by atoms with van der Waals surface area (Å²) >= 11 is 6.76. The molecule has 1 rings (SSSR count). The van der Waals surface area contributed by atoms with Crippen LogP contribution in [0.1, 0.15) is 37.6 Å². The van der Waals surface area contributed by atoms with Crippen molar-refractivity contribution in [1.82, 2.24) is 5.32 Å². The Balaban J connectivity index is 2.70.